The van der Waals surface area contributed by atoms with Gasteiger partial charge in [0.25, 0.3) is 0 Å². The van der Waals surface area contributed by atoms with Crippen molar-refractivity contribution in [1.82, 2.24) is 14.5 Å². The zero-order valence-electron chi connectivity index (χ0n) is 18.8. The quantitative estimate of drug-likeness (QED) is 0.290. The standard InChI is InChI=1S/C30H23N3O/c1-34-26-15-8-13-23(17-26)30-32-29-28(18-25(19-31-29)21-9-3-2-4-10-21)33(30)20-24-14-7-12-22-11-5-6-16-27(22)24/h2-19H,20H2,1H3. The molecule has 2 aromatic heterocycles. The highest BCUT2D eigenvalue weighted by Crippen LogP contribution is 2.31. The third kappa shape index (κ3) is 3.59. The Morgan fingerprint density at radius 1 is 0.735 bits per heavy atom. The van der Waals surface area contributed by atoms with Gasteiger partial charge in [0.2, 0.25) is 0 Å². The first-order valence-corrected chi connectivity index (χ1v) is 11.3. The minimum atomic E-state index is 0.685. The van der Waals surface area contributed by atoms with Crippen molar-refractivity contribution in [2.75, 3.05) is 7.11 Å². The fourth-order valence-corrected chi connectivity index (χ4v) is 4.54. The van der Waals surface area contributed by atoms with Crippen LogP contribution in [0.4, 0.5) is 0 Å². The Morgan fingerprint density at radius 2 is 1.50 bits per heavy atom. The number of methoxy groups -OCH3 is 1. The molecule has 4 heteroatoms. The molecule has 0 unspecified atom stereocenters. The van der Waals surface area contributed by atoms with Crippen molar-refractivity contribution in [2.24, 2.45) is 0 Å². The number of rotatable bonds is 5. The third-order valence-electron chi connectivity index (χ3n) is 6.25. The maximum Gasteiger partial charge on any atom is 0.178 e. The Hall–Kier alpha value is -4.44. The maximum absolute atomic E-state index is 5.49. The number of benzene rings is 4. The number of fused-ring (bicyclic) bond motifs is 2. The number of pyridine rings is 1. The minimum Gasteiger partial charge on any atom is -0.497 e. The Kier molecular flexibility index (Phi) is 5.04. The highest BCUT2D eigenvalue weighted by molar-refractivity contribution is 5.87. The number of hydrogen-bond donors (Lipinski definition) is 0. The van der Waals surface area contributed by atoms with Crippen molar-refractivity contribution in [3.63, 3.8) is 0 Å². The molecule has 0 spiro atoms. The molecular weight excluding hydrogens is 418 g/mol. The zero-order valence-corrected chi connectivity index (χ0v) is 18.8. The van der Waals surface area contributed by atoms with Crippen molar-refractivity contribution in [2.45, 2.75) is 6.54 Å². The Labute approximate surface area is 198 Å². The van der Waals surface area contributed by atoms with Gasteiger partial charge < -0.3 is 9.30 Å². The first-order chi connectivity index (χ1) is 16.8. The van der Waals surface area contributed by atoms with Crippen LogP contribution < -0.4 is 4.74 Å². The molecule has 6 aromatic rings. The van der Waals surface area contributed by atoms with Crippen molar-refractivity contribution in [3.8, 4) is 28.3 Å². The van der Waals surface area contributed by atoms with Crippen molar-refractivity contribution >= 4 is 21.9 Å². The Balaban J connectivity index is 1.58. The summed E-state index contributed by atoms with van der Waals surface area (Å²) in [6.07, 6.45) is 1.91. The summed E-state index contributed by atoms with van der Waals surface area (Å²) in [6, 6.07) is 35.6. The van der Waals surface area contributed by atoms with Gasteiger partial charge in [-0.3, -0.25) is 0 Å². The van der Waals surface area contributed by atoms with Crippen LogP contribution in [0.15, 0.2) is 109 Å². The van der Waals surface area contributed by atoms with E-state index in [0.29, 0.717) is 6.54 Å². The van der Waals surface area contributed by atoms with Gasteiger partial charge in [0, 0.05) is 17.3 Å². The topological polar surface area (TPSA) is 39.9 Å². The summed E-state index contributed by atoms with van der Waals surface area (Å²) in [5.74, 6) is 1.68. The molecule has 0 atom stereocenters. The lowest BCUT2D eigenvalue weighted by molar-refractivity contribution is 0.415. The fourth-order valence-electron chi connectivity index (χ4n) is 4.54. The molecule has 0 aliphatic rings. The van der Waals surface area contributed by atoms with Gasteiger partial charge in [-0.25, -0.2) is 9.97 Å². The van der Waals surface area contributed by atoms with Crippen LogP contribution in [-0.4, -0.2) is 21.6 Å². The van der Waals surface area contributed by atoms with Gasteiger partial charge in [-0.05, 0) is 40.1 Å². The second-order valence-electron chi connectivity index (χ2n) is 8.32. The molecule has 2 heterocycles. The van der Waals surface area contributed by atoms with Crippen LogP contribution in [0, 0.1) is 0 Å². The lowest BCUT2D eigenvalue weighted by Crippen LogP contribution is -2.03. The predicted octanol–water partition coefficient (Wildman–Crippen LogP) is 6.98. The molecule has 34 heavy (non-hydrogen) atoms. The van der Waals surface area contributed by atoms with E-state index < -0.39 is 0 Å². The van der Waals surface area contributed by atoms with Gasteiger partial charge in [-0.1, -0.05) is 84.9 Å². The van der Waals surface area contributed by atoms with E-state index in [9.17, 15) is 0 Å². The Morgan fingerprint density at radius 3 is 2.38 bits per heavy atom. The third-order valence-corrected chi connectivity index (χ3v) is 6.25. The van der Waals surface area contributed by atoms with Crippen LogP contribution in [0.2, 0.25) is 0 Å². The van der Waals surface area contributed by atoms with Crippen LogP contribution in [-0.2, 0) is 6.54 Å². The van der Waals surface area contributed by atoms with E-state index in [-0.39, 0.29) is 0 Å². The summed E-state index contributed by atoms with van der Waals surface area (Å²) in [7, 11) is 1.69. The normalized spacial score (nSPS) is 11.2. The van der Waals surface area contributed by atoms with Crippen LogP contribution in [0.3, 0.4) is 0 Å². The van der Waals surface area contributed by atoms with Gasteiger partial charge in [-0.15, -0.1) is 0 Å². The molecule has 0 fully saturated rings. The predicted molar refractivity (Wildman–Crippen MR) is 138 cm³/mol. The summed E-state index contributed by atoms with van der Waals surface area (Å²) in [4.78, 5) is 9.71. The van der Waals surface area contributed by atoms with E-state index in [1.165, 1.54) is 16.3 Å². The van der Waals surface area contributed by atoms with Crippen LogP contribution in [0.25, 0.3) is 44.5 Å². The summed E-state index contributed by atoms with van der Waals surface area (Å²) in [6.45, 7) is 0.685. The van der Waals surface area contributed by atoms with E-state index in [1.54, 1.807) is 7.11 Å². The average molecular weight is 442 g/mol. The summed E-state index contributed by atoms with van der Waals surface area (Å²) < 4.78 is 7.76. The first kappa shape index (κ1) is 20.2. The molecular formula is C30H23N3O. The summed E-state index contributed by atoms with van der Waals surface area (Å²) in [5, 5.41) is 2.48. The lowest BCUT2D eigenvalue weighted by Gasteiger charge is -2.13. The van der Waals surface area contributed by atoms with Crippen molar-refractivity contribution in [1.29, 1.82) is 0 Å². The average Bonchev–Trinajstić information content (AvgIpc) is 3.27. The maximum atomic E-state index is 5.49. The monoisotopic (exact) mass is 441 g/mol. The number of aromatic nitrogens is 3. The van der Waals surface area contributed by atoms with Gasteiger partial charge in [0.1, 0.15) is 11.6 Å². The van der Waals surface area contributed by atoms with Crippen LogP contribution >= 0.6 is 0 Å². The molecule has 0 saturated carbocycles. The van der Waals surface area contributed by atoms with Gasteiger partial charge in [0.05, 0.1) is 19.2 Å². The van der Waals surface area contributed by atoms with E-state index in [0.717, 1.165) is 39.4 Å². The van der Waals surface area contributed by atoms with Crippen LogP contribution in [0.5, 0.6) is 5.75 Å². The highest BCUT2D eigenvalue weighted by Gasteiger charge is 2.16. The molecule has 164 valence electrons. The lowest BCUT2D eigenvalue weighted by atomic mass is 10.0. The largest absolute Gasteiger partial charge is 0.497 e. The van der Waals surface area contributed by atoms with Crippen molar-refractivity contribution in [3.05, 3.63) is 115 Å². The molecule has 0 N–H and O–H groups in total. The molecule has 6 rings (SSSR count). The number of ether oxygens (including phenoxy) is 1. The highest BCUT2D eigenvalue weighted by atomic mass is 16.5. The number of nitrogens with zero attached hydrogens (tertiary/aromatic N) is 3. The molecule has 0 aliphatic carbocycles. The SMILES string of the molecule is COc1cccc(-c2nc3ncc(-c4ccccc4)cc3n2Cc2cccc3ccccc23)c1. The van der Waals surface area contributed by atoms with Crippen molar-refractivity contribution < 1.29 is 4.74 Å². The number of hydrogen-bond acceptors (Lipinski definition) is 3. The molecule has 0 amide bonds. The summed E-state index contributed by atoms with van der Waals surface area (Å²) in [5.41, 5.74) is 6.19. The van der Waals surface area contributed by atoms with E-state index in [2.05, 4.69) is 83.4 Å². The molecule has 0 bridgehead atoms. The second kappa shape index (κ2) is 8.49. The molecule has 4 nitrogen and oxygen atoms in total. The molecule has 0 aliphatic heterocycles. The smallest absolute Gasteiger partial charge is 0.178 e. The van der Waals surface area contributed by atoms with E-state index >= 15 is 0 Å². The van der Waals surface area contributed by atoms with E-state index in [4.69, 9.17) is 14.7 Å². The molecule has 4 aromatic carbocycles. The minimum absolute atomic E-state index is 0.685. The number of imidazole rings is 1. The fraction of sp³-hybridized carbons (Fsp3) is 0.0667. The van der Waals surface area contributed by atoms with Gasteiger partial charge >= 0.3 is 0 Å². The zero-order chi connectivity index (χ0) is 22.9. The summed E-state index contributed by atoms with van der Waals surface area (Å²) >= 11 is 0. The van der Waals surface area contributed by atoms with E-state index in [1.807, 2.05) is 30.5 Å². The molecule has 0 saturated heterocycles. The van der Waals surface area contributed by atoms with Gasteiger partial charge in [-0.2, -0.15) is 0 Å². The Bertz CT molecular complexity index is 1610. The second-order valence-corrected chi connectivity index (χ2v) is 8.32. The van der Waals surface area contributed by atoms with Crippen LogP contribution in [0.1, 0.15) is 5.56 Å². The van der Waals surface area contributed by atoms with Gasteiger partial charge in [0.15, 0.2) is 5.65 Å². The molecule has 0 radical (unpaired) electrons. The first-order valence-electron chi connectivity index (χ1n) is 11.3.